The van der Waals surface area contributed by atoms with Crippen molar-refractivity contribution in [2.45, 2.75) is 26.8 Å². The van der Waals surface area contributed by atoms with Crippen LogP contribution in [0.15, 0.2) is 10.6 Å². The standard InChI is InChI=1S/C10H15N5O/c1-3-4-11-6-9-14-15-10(16-9)8-5-12-13-7(8)2/h5,11H,3-4,6H2,1-2H3,(H,12,13). The number of aryl methyl sites for hydroxylation is 1. The molecule has 0 radical (unpaired) electrons. The monoisotopic (exact) mass is 221 g/mol. The first-order chi connectivity index (χ1) is 7.81. The van der Waals surface area contributed by atoms with Crippen molar-refractivity contribution in [2.24, 2.45) is 0 Å². The molecular formula is C10H15N5O. The lowest BCUT2D eigenvalue weighted by Gasteiger charge is -1.96. The van der Waals surface area contributed by atoms with Gasteiger partial charge in [0.1, 0.15) is 0 Å². The molecule has 2 heterocycles. The molecule has 0 fully saturated rings. The molecule has 0 bridgehead atoms. The van der Waals surface area contributed by atoms with Gasteiger partial charge in [0, 0.05) is 5.69 Å². The second kappa shape index (κ2) is 4.89. The van der Waals surface area contributed by atoms with Gasteiger partial charge in [-0.25, -0.2) is 0 Å². The molecule has 0 unspecified atom stereocenters. The maximum atomic E-state index is 5.51. The van der Waals surface area contributed by atoms with E-state index in [0.29, 0.717) is 18.3 Å². The first kappa shape index (κ1) is 10.8. The van der Waals surface area contributed by atoms with Crippen LogP contribution in [0.3, 0.4) is 0 Å². The van der Waals surface area contributed by atoms with Crippen LogP contribution in [-0.2, 0) is 6.54 Å². The van der Waals surface area contributed by atoms with E-state index in [1.165, 1.54) is 0 Å². The van der Waals surface area contributed by atoms with Gasteiger partial charge in [0.2, 0.25) is 5.89 Å². The van der Waals surface area contributed by atoms with Crippen molar-refractivity contribution >= 4 is 0 Å². The third kappa shape index (κ3) is 2.27. The van der Waals surface area contributed by atoms with E-state index in [2.05, 4.69) is 32.6 Å². The molecule has 2 aromatic rings. The van der Waals surface area contributed by atoms with Gasteiger partial charge in [0.15, 0.2) is 0 Å². The molecule has 2 aromatic heterocycles. The molecule has 0 aliphatic carbocycles. The summed E-state index contributed by atoms with van der Waals surface area (Å²) < 4.78 is 5.51. The average Bonchev–Trinajstić information content (AvgIpc) is 2.87. The number of nitrogens with one attached hydrogen (secondary N) is 2. The van der Waals surface area contributed by atoms with Crippen LogP contribution < -0.4 is 5.32 Å². The summed E-state index contributed by atoms with van der Waals surface area (Å²) in [5.41, 5.74) is 1.78. The molecule has 0 atom stereocenters. The second-order valence-corrected chi connectivity index (χ2v) is 3.59. The first-order valence-corrected chi connectivity index (χ1v) is 5.34. The maximum Gasteiger partial charge on any atom is 0.251 e. The summed E-state index contributed by atoms with van der Waals surface area (Å²) in [6.45, 7) is 5.59. The fourth-order valence-electron chi connectivity index (χ4n) is 1.37. The summed E-state index contributed by atoms with van der Waals surface area (Å²) in [4.78, 5) is 0. The lowest BCUT2D eigenvalue weighted by atomic mass is 10.3. The number of aromatic nitrogens is 4. The Morgan fingerprint density at radius 1 is 1.44 bits per heavy atom. The quantitative estimate of drug-likeness (QED) is 0.743. The van der Waals surface area contributed by atoms with Gasteiger partial charge in [0.25, 0.3) is 5.89 Å². The Morgan fingerprint density at radius 3 is 3.00 bits per heavy atom. The van der Waals surface area contributed by atoms with Crippen molar-refractivity contribution in [3.05, 3.63) is 17.8 Å². The van der Waals surface area contributed by atoms with E-state index in [1.54, 1.807) is 6.20 Å². The highest BCUT2D eigenvalue weighted by Crippen LogP contribution is 2.19. The third-order valence-corrected chi connectivity index (χ3v) is 2.23. The molecule has 0 aliphatic heterocycles. The molecular weight excluding hydrogens is 206 g/mol. The van der Waals surface area contributed by atoms with Gasteiger partial charge < -0.3 is 9.73 Å². The van der Waals surface area contributed by atoms with Gasteiger partial charge in [-0.15, -0.1) is 10.2 Å². The predicted octanol–water partition coefficient (Wildman–Crippen LogP) is 1.27. The van der Waals surface area contributed by atoms with Gasteiger partial charge in [-0.3, -0.25) is 5.10 Å². The minimum atomic E-state index is 0.513. The van der Waals surface area contributed by atoms with E-state index < -0.39 is 0 Å². The van der Waals surface area contributed by atoms with Crippen LogP contribution in [0.25, 0.3) is 11.5 Å². The van der Waals surface area contributed by atoms with Gasteiger partial charge in [0.05, 0.1) is 18.3 Å². The lowest BCUT2D eigenvalue weighted by molar-refractivity contribution is 0.477. The predicted molar refractivity (Wildman–Crippen MR) is 58.6 cm³/mol. The smallest absolute Gasteiger partial charge is 0.251 e. The largest absolute Gasteiger partial charge is 0.419 e. The Bertz CT molecular complexity index is 448. The van der Waals surface area contributed by atoms with Crippen molar-refractivity contribution in [1.82, 2.24) is 25.7 Å². The number of hydrogen-bond donors (Lipinski definition) is 2. The van der Waals surface area contributed by atoms with Crippen molar-refractivity contribution in [2.75, 3.05) is 6.54 Å². The Balaban J connectivity index is 2.05. The van der Waals surface area contributed by atoms with Crippen molar-refractivity contribution in [1.29, 1.82) is 0 Å². The van der Waals surface area contributed by atoms with Crippen LogP contribution >= 0.6 is 0 Å². The highest BCUT2D eigenvalue weighted by molar-refractivity contribution is 5.53. The van der Waals surface area contributed by atoms with Gasteiger partial charge >= 0.3 is 0 Å². The fraction of sp³-hybridized carbons (Fsp3) is 0.500. The normalized spacial score (nSPS) is 10.9. The van der Waals surface area contributed by atoms with Crippen molar-refractivity contribution in [3.8, 4) is 11.5 Å². The molecule has 6 nitrogen and oxygen atoms in total. The second-order valence-electron chi connectivity index (χ2n) is 3.59. The molecule has 0 aliphatic rings. The topological polar surface area (TPSA) is 79.6 Å². The van der Waals surface area contributed by atoms with Gasteiger partial charge in [-0.05, 0) is 19.9 Å². The summed E-state index contributed by atoms with van der Waals surface area (Å²) in [5, 5.41) is 17.9. The molecule has 6 heteroatoms. The van der Waals surface area contributed by atoms with Crippen LogP contribution in [-0.4, -0.2) is 26.9 Å². The minimum Gasteiger partial charge on any atom is -0.419 e. The Kier molecular flexibility index (Phi) is 3.31. The molecule has 2 rings (SSSR count). The summed E-state index contributed by atoms with van der Waals surface area (Å²) in [5.74, 6) is 1.11. The van der Waals surface area contributed by atoms with Crippen molar-refractivity contribution < 1.29 is 4.42 Å². The molecule has 2 N–H and O–H groups in total. The lowest BCUT2D eigenvalue weighted by Crippen LogP contribution is -2.13. The number of nitrogens with zero attached hydrogens (tertiary/aromatic N) is 3. The van der Waals surface area contributed by atoms with Gasteiger partial charge in [-0.2, -0.15) is 5.10 Å². The van der Waals surface area contributed by atoms with E-state index in [0.717, 1.165) is 24.2 Å². The molecule has 0 spiro atoms. The molecule has 16 heavy (non-hydrogen) atoms. The molecule has 86 valence electrons. The number of rotatable bonds is 5. The highest BCUT2D eigenvalue weighted by Gasteiger charge is 2.11. The Morgan fingerprint density at radius 2 is 2.31 bits per heavy atom. The van der Waals surface area contributed by atoms with Crippen molar-refractivity contribution in [3.63, 3.8) is 0 Å². The Hall–Kier alpha value is -1.69. The van der Waals surface area contributed by atoms with Crippen LogP contribution in [0.2, 0.25) is 0 Å². The zero-order valence-corrected chi connectivity index (χ0v) is 9.45. The molecule has 0 saturated heterocycles. The zero-order chi connectivity index (χ0) is 11.4. The SMILES string of the molecule is CCCNCc1nnc(-c2cn[nH]c2C)o1. The van der Waals surface area contributed by atoms with Crippen LogP contribution in [0.5, 0.6) is 0 Å². The summed E-state index contributed by atoms with van der Waals surface area (Å²) in [7, 11) is 0. The first-order valence-electron chi connectivity index (χ1n) is 5.34. The number of hydrogen-bond acceptors (Lipinski definition) is 5. The van der Waals surface area contributed by atoms with Crippen LogP contribution in [0.4, 0.5) is 0 Å². The van der Waals surface area contributed by atoms with Crippen LogP contribution in [0.1, 0.15) is 24.9 Å². The van der Waals surface area contributed by atoms with Crippen LogP contribution in [0, 0.1) is 6.92 Å². The number of H-pyrrole nitrogens is 1. The third-order valence-electron chi connectivity index (χ3n) is 2.23. The fourth-order valence-corrected chi connectivity index (χ4v) is 1.37. The van der Waals surface area contributed by atoms with E-state index in [4.69, 9.17) is 4.42 Å². The zero-order valence-electron chi connectivity index (χ0n) is 9.45. The molecule has 0 saturated carbocycles. The minimum absolute atomic E-state index is 0.513. The molecule has 0 aromatic carbocycles. The van der Waals surface area contributed by atoms with E-state index in [9.17, 15) is 0 Å². The average molecular weight is 221 g/mol. The summed E-state index contributed by atoms with van der Waals surface area (Å²) in [6.07, 6.45) is 2.77. The number of aromatic amines is 1. The highest BCUT2D eigenvalue weighted by atomic mass is 16.4. The van der Waals surface area contributed by atoms with E-state index >= 15 is 0 Å². The van der Waals surface area contributed by atoms with Gasteiger partial charge in [-0.1, -0.05) is 6.92 Å². The van der Waals surface area contributed by atoms with E-state index in [1.807, 2.05) is 6.92 Å². The Labute approximate surface area is 93.5 Å². The van der Waals surface area contributed by atoms with E-state index in [-0.39, 0.29) is 0 Å². The summed E-state index contributed by atoms with van der Waals surface area (Å²) in [6, 6.07) is 0. The summed E-state index contributed by atoms with van der Waals surface area (Å²) >= 11 is 0. The maximum absolute atomic E-state index is 5.51. The molecule has 0 amide bonds.